The summed E-state index contributed by atoms with van der Waals surface area (Å²) < 4.78 is 62.6. The summed E-state index contributed by atoms with van der Waals surface area (Å²) in [6, 6.07) is 16.0. The first-order valence-electron chi connectivity index (χ1n) is 11.0. The molecule has 0 aliphatic rings. The van der Waals surface area contributed by atoms with E-state index in [2.05, 4.69) is 23.8 Å². The van der Waals surface area contributed by atoms with Crippen molar-refractivity contribution in [1.29, 1.82) is 0 Å². The molecule has 5 heteroatoms. The summed E-state index contributed by atoms with van der Waals surface area (Å²) in [7, 11) is 1.12. The topological polar surface area (TPSA) is 9.23 Å². The second-order valence-electron chi connectivity index (χ2n) is 8.14. The Labute approximate surface area is 190 Å². The molecular weight excluding hydrogens is 428 g/mol. The zero-order chi connectivity index (χ0) is 23.5. The molecular formula is C28H24F4O. The van der Waals surface area contributed by atoms with Crippen molar-refractivity contribution < 1.29 is 22.3 Å². The highest BCUT2D eigenvalue weighted by molar-refractivity contribution is 5.88. The van der Waals surface area contributed by atoms with Crippen molar-refractivity contribution in [2.45, 2.75) is 32.6 Å². The van der Waals surface area contributed by atoms with Crippen LogP contribution in [0.3, 0.4) is 0 Å². The summed E-state index contributed by atoms with van der Waals surface area (Å²) >= 11 is 0. The average Bonchev–Trinajstić information content (AvgIpc) is 2.78. The number of rotatable bonds is 7. The maximum atomic E-state index is 14.9. The van der Waals surface area contributed by atoms with Crippen LogP contribution in [0, 0.1) is 23.3 Å². The van der Waals surface area contributed by atoms with Crippen molar-refractivity contribution in [3.05, 3.63) is 89.5 Å². The van der Waals surface area contributed by atoms with Gasteiger partial charge in [0.1, 0.15) is 11.6 Å². The zero-order valence-corrected chi connectivity index (χ0v) is 18.5. The molecule has 0 N–H and O–H groups in total. The molecule has 0 atom stereocenters. The van der Waals surface area contributed by atoms with Crippen molar-refractivity contribution in [2.24, 2.45) is 0 Å². The maximum absolute atomic E-state index is 14.9. The summed E-state index contributed by atoms with van der Waals surface area (Å²) in [6.07, 6.45) is 4.54. The van der Waals surface area contributed by atoms with E-state index in [0.29, 0.717) is 11.1 Å². The molecule has 1 nitrogen and oxygen atoms in total. The molecule has 0 unspecified atom stereocenters. The van der Waals surface area contributed by atoms with Gasteiger partial charge in [-0.15, -0.1) is 0 Å². The first-order chi connectivity index (χ1) is 15.9. The predicted molar refractivity (Wildman–Crippen MR) is 124 cm³/mol. The molecule has 0 heterocycles. The van der Waals surface area contributed by atoms with Gasteiger partial charge in [0.25, 0.3) is 0 Å². The number of benzene rings is 4. The Morgan fingerprint density at radius 2 is 1.24 bits per heavy atom. The van der Waals surface area contributed by atoms with Crippen LogP contribution in [0.2, 0.25) is 0 Å². The Hall–Kier alpha value is -3.34. The molecule has 0 bridgehead atoms. The van der Waals surface area contributed by atoms with Crippen LogP contribution < -0.4 is 4.74 Å². The minimum absolute atomic E-state index is 0.235. The first kappa shape index (κ1) is 22.8. The lowest BCUT2D eigenvalue weighted by atomic mass is 9.96. The zero-order valence-electron chi connectivity index (χ0n) is 18.5. The molecule has 4 rings (SSSR count). The third kappa shape index (κ3) is 4.72. The molecule has 0 fully saturated rings. The Bertz CT molecular complexity index is 1270. The number of ether oxygens (including phenoxy) is 1. The van der Waals surface area contributed by atoms with Gasteiger partial charge in [-0.2, -0.15) is 0 Å². The van der Waals surface area contributed by atoms with Crippen LogP contribution in [-0.4, -0.2) is 7.11 Å². The van der Waals surface area contributed by atoms with Gasteiger partial charge in [-0.3, -0.25) is 0 Å². The highest BCUT2D eigenvalue weighted by Crippen LogP contribution is 2.35. The molecule has 0 aliphatic carbocycles. The summed E-state index contributed by atoms with van der Waals surface area (Å²) in [6.45, 7) is 2.17. The van der Waals surface area contributed by atoms with E-state index in [1.807, 2.05) is 24.3 Å². The van der Waals surface area contributed by atoms with Gasteiger partial charge in [0, 0.05) is 0 Å². The first-order valence-corrected chi connectivity index (χ1v) is 11.0. The van der Waals surface area contributed by atoms with Crippen LogP contribution in [0.25, 0.3) is 33.0 Å². The maximum Gasteiger partial charge on any atom is 0.190 e. The van der Waals surface area contributed by atoms with E-state index in [0.717, 1.165) is 42.9 Å². The summed E-state index contributed by atoms with van der Waals surface area (Å²) in [4.78, 5) is 0. The number of halogens is 4. The van der Waals surface area contributed by atoms with Gasteiger partial charge >= 0.3 is 0 Å². The predicted octanol–water partition coefficient (Wildman–Crippen LogP) is 8.47. The average molecular weight is 452 g/mol. The van der Waals surface area contributed by atoms with Gasteiger partial charge in [-0.25, -0.2) is 17.6 Å². The molecule has 0 aromatic heterocycles. The third-order valence-electron chi connectivity index (χ3n) is 5.84. The number of unbranched alkanes of at least 4 members (excludes halogenated alkanes) is 2. The quantitative estimate of drug-likeness (QED) is 0.202. The molecule has 0 spiro atoms. The third-order valence-corrected chi connectivity index (χ3v) is 5.84. The lowest BCUT2D eigenvalue weighted by molar-refractivity contribution is 0.360. The van der Waals surface area contributed by atoms with Crippen molar-refractivity contribution in [1.82, 2.24) is 0 Å². The molecule has 4 aromatic rings. The van der Waals surface area contributed by atoms with Gasteiger partial charge in [0.2, 0.25) is 0 Å². The van der Waals surface area contributed by atoms with Crippen LogP contribution in [0.5, 0.6) is 5.75 Å². The standard InChI is InChI=1S/C28H24F4O/c1-3-4-5-6-17-7-8-19-12-20(10-9-18(19)11-17)21-13-23(29)27(24(30)14-21)22-15-25(31)28(33-2)26(32)16-22/h7-16H,3-6H2,1-2H3. The Kier molecular flexibility index (Phi) is 6.68. The fourth-order valence-electron chi connectivity index (χ4n) is 4.12. The highest BCUT2D eigenvalue weighted by Gasteiger charge is 2.19. The number of hydrogen-bond acceptors (Lipinski definition) is 1. The summed E-state index contributed by atoms with van der Waals surface area (Å²) in [5, 5.41) is 2.03. The van der Waals surface area contributed by atoms with Gasteiger partial charge in [0.15, 0.2) is 17.4 Å². The van der Waals surface area contributed by atoms with Gasteiger partial charge in [0.05, 0.1) is 12.7 Å². The Morgan fingerprint density at radius 3 is 1.88 bits per heavy atom. The van der Waals surface area contributed by atoms with Gasteiger partial charge < -0.3 is 4.74 Å². The number of fused-ring (bicyclic) bond motifs is 1. The van der Waals surface area contributed by atoms with Crippen molar-refractivity contribution in [2.75, 3.05) is 7.11 Å². The van der Waals surface area contributed by atoms with Crippen LogP contribution >= 0.6 is 0 Å². The largest absolute Gasteiger partial charge is 0.491 e. The van der Waals surface area contributed by atoms with E-state index >= 15 is 0 Å². The summed E-state index contributed by atoms with van der Waals surface area (Å²) in [5.41, 5.74) is 1.54. The fourth-order valence-corrected chi connectivity index (χ4v) is 4.12. The smallest absolute Gasteiger partial charge is 0.190 e. The van der Waals surface area contributed by atoms with E-state index in [4.69, 9.17) is 0 Å². The van der Waals surface area contributed by atoms with E-state index in [9.17, 15) is 17.6 Å². The monoisotopic (exact) mass is 452 g/mol. The molecule has 0 saturated carbocycles. The van der Waals surface area contributed by atoms with Gasteiger partial charge in [-0.1, -0.05) is 50.1 Å². The van der Waals surface area contributed by atoms with E-state index in [-0.39, 0.29) is 5.56 Å². The fraction of sp³-hybridized carbons (Fsp3) is 0.214. The molecule has 0 saturated heterocycles. The summed E-state index contributed by atoms with van der Waals surface area (Å²) in [5.74, 6) is -4.46. The minimum Gasteiger partial charge on any atom is -0.491 e. The normalized spacial score (nSPS) is 11.2. The molecule has 4 aromatic carbocycles. The lowest BCUT2D eigenvalue weighted by Gasteiger charge is -2.12. The van der Waals surface area contributed by atoms with Crippen LogP contribution in [0.1, 0.15) is 31.7 Å². The second-order valence-corrected chi connectivity index (χ2v) is 8.14. The molecule has 170 valence electrons. The molecule has 0 amide bonds. The number of hydrogen-bond donors (Lipinski definition) is 0. The van der Waals surface area contributed by atoms with Crippen molar-refractivity contribution in [3.8, 4) is 28.0 Å². The Balaban J connectivity index is 1.68. The SMILES string of the molecule is CCCCCc1ccc2cc(-c3cc(F)c(-c4cc(F)c(OC)c(F)c4)c(F)c3)ccc2c1. The number of methoxy groups -OCH3 is 1. The van der Waals surface area contributed by atoms with E-state index < -0.39 is 34.6 Å². The van der Waals surface area contributed by atoms with Crippen LogP contribution in [0.15, 0.2) is 60.7 Å². The second kappa shape index (κ2) is 9.65. The van der Waals surface area contributed by atoms with Crippen molar-refractivity contribution >= 4 is 10.8 Å². The van der Waals surface area contributed by atoms with E-state index in [1.165, 1.54) is 30.5 Å². The van der Waals surface area contributed by atoms with Crippen molar-refractivity contribution in [3.63, 3.8) is 0 Å². The Morgan fingerprint density at radius 1 is 0.636 bits per heavy atom. The highest BCUT2D eigenvalue weighted by atomic mass is 19.1. The molecule has 0 aliphatic heterocycles. The van der Waals surface area contributed by atoms with Gasteiger partial charge in [-0.05, 0) is 76.2 Å². The lowest BCUT2D eigenvalue weighted by Crippen LogP contribution is -1.97. The minimum atomic E-state index is -1.03. The molecule has 0 radical (unpaired) electrons. The van der Waals surface area contributed by atoms with E-state index in [1.54, 1.807) is 0 Å². The van der Waals surface area contributed by atoms with Crippen LogP contribution in [-0.2, 0) is 6.42 Å². The number of aryl methyl sites for hydroxylation is 1. The molecule has 33 heavy (non-hydrogen) atoms. The van der Waals surface area contributed by atoms with Crippen LogP contribution in [0.4, 0.5) is 17.6 Å².